The van der Waals surface area contributed by atoms with E-state index in [0.717, 1.165) is 67.6 Å². The Morgan fingerprint density at radius 3 is 2.59 bits per heavy atom. The van der Waals surface area contributed by atoms with Gasteiger partial charge in [0.15, 0.2) is 5.78 Å². The molecule has 0 spiro atoms. The Labute approximate surface area is 172 Å². The molecular formula is C24H30N2O3. The van der Waals surface area contributed by atoms with E-state index in [-0.39, 0.29) is 30.3 Å². The molecule has 5 heteroatoms. The van der Waals surface area contributed by atoms with Crippen molar-refractivity contribution in [3.8, 4) is 0 Å². The number of hydrogen-bond acceptors (Lipinski definition) is 3. The quantitative estimate of drug-likeness (QED) is 0.817. The van der Waals surface area contributed by atoms with Crippen LogP contribution in [0.1, 0.15) is 71.4 Å². The van der Waals surface area contributed by atoms with Crippen molar-refractivity contribution >= 4 is 11.7 Å². The van der Waals surface area contributed by atoms with E-state index in [1.807, 2.05) is 25.1 Å². The van der Waals surface area contributed by atoms with Crippen LogP contribution in [0.2, 0.25) is 0 Å². The van der Waals surface area contributed by atoms with Gasteiger partial charge in [0.25, 0.3) is 0 Å². The van der Waals surface area contributed by atoms with Crippen molar-refractivity contribution in [2.45, 2.75) is 77.0 Å². The molecule has 2 aromatic rings. The van der Waals surface area contributed by atoms with E-state index in [2.05, 4.69) is 22.0 Å². The Hall–Kier alpha value is -2.40. The van der Waals surface area contributed by atoms with Gasteiger partial charge in [-0.25, -0.2) is 0 Å². The molecule has 0 saturated heterocycles. The molecule has 0 atom stereocenters. The highest BCUT2D eigenvalue weighted by molar-refractivity contribution is 6.01. The molecule has 5 nitrogen and oxygen atoms in total. The lowest BCUT2D eigenvalue weighted by Crippen LogP contribution is -2.39. The van der Waals surface area contributed by atoms with Crippen LogP contribution in [0.15, 0.2) is 30.3 Å². The van der Waals surface area contributed by atoms with Crippen molar-refractivity contribution in [2.24, 2.45) is 0 Å². The Balaban J connectivity index is 1.57. The fourth-order valence-electron chi connectivity index (χ4n) is 4.84. The third-order valence-corrected chi connectivity index (χ3v) is 6.44. The number of ketones is 1. The molecule has 0 bridgehead atoms. The predicted molar refractivity (Wildman–Crippen MR) is 112 cm³/mol. The number of rotatable bonds is 5. The Kier molecular flexibility index (Phi) is 5.86. The molecule has 1 amide bonds. The zero-order valence-corrected chi connectivity index (χ0v) is 17.1. The van der Waals surface area contributed by atoms with Gasteiger partial charge in [0.1, 0.15) is 0 Å². The Morgan fingerprint density at radius 2 is 1.86 bits per heavy atom. The minimum absolute atomic E-state index is 0.0208. The number of Topliss-reactive ketones (excluding diaryl/α,β-unsaturated/α-hetero) is 1. The van der Waals surface area contributed by atoms with Crippen LogP contribution >= 0.6 is 0 Å². The van der Waals surface area contributed by atoms with Gasteiger partial charge in [0.2, 0.25) is 5.91 Å². The summed E-state index contributed by atoms with van der Waals surface area (Å²) in [5.74, 6) is 0.150. The maximum atomic E-state index is 12.8. The third-order valence-electron chi connectivity index (χ3n) is 6.44. The van der Waals surface area contributed by atoms with Gasteiger partial charge in [-0.05, 0) is 56.6 Å². The smallest absolute Gasteiger partial charge is 0.224 e. The highest BCUT2D eigenvalue weighted by atomic mass is 16.3. The van der Waals surface area contributed by atoms with Gasteiger partial charge in [-0.2, -0.15) is 0 Å². The number of aromatic nitrogens is 1. The predicted octanol–water partition coefficient (Wildman–Crippen LogP) is 3.33. The van der Waals surface area contributed by atoms with E-state index in [0.29, 0.717) is 6.42 Å². The molecule has 154 valence electrons. The minimum Gasteiger partial charge on any atom is -0.393 e. The molecule has 2 N–H and O–H groups in total. The molecule has 4 rings (SSSR count). The van der Waals surface area contributed by atoms with Crippen LogP contribution in [0.25, 0.3) is 0 Å². The molecule has 2 aliphatic rings. The lowest BCUT2D eigenvalue weighted by Gasteiger charge is -2.26. The van der Waals surface area contributed by atoms with Gasteiger partial charge in [0.05, 0.1) is 12.5 Å². The summed E-state index contributed by atoms with van der Waals surface area (Å²) >= 11 is 0. The zero-order valence-electron chi connectivity index (χ0n) is 17.1. The number of benzene rings is 1. The molecule has 1 heterocycles. The maximum absolute atomic E-state index is 12.8. The van der Waals surface area contributed by atoms with Crippen LogP contribution < -0.4 is 5.32 Å². The number of carbonyl (C=O) groups excluding carboxylic acids is 2. The molecule has 1 fully saturated rings. The Morgan fingerprint density at radius 1 is 1.14 bits per heavy atom. The first-order valence-corrected chi connectivity index (χ1v) is 10.8. The lowest BCUT2D eigenvalue weighted by molar-refractivity contribution is -0.121. The van der Waals surface area contributed by atoms with Gasteiger partial charge in [-0.1, -0.05) is 30.3 Å². The van der Waals surface area contributed by atoms with Crippen molar-refractivity contribution in [1.82, 2.24) is 9.88 Å². The second kappa shape index (κ2) is 8.54. The summed E-state index contributed by atoms with van der Waals surface area (Å²) in [5, 5.41) is 12.8. The summed E-state index contributed by atoms with van der Waals surface area (Å²) in [6, 6.07) is 10.4. The average Bonchev–Trinajstić information content (AvgIpc) is 2.97. The molecule has 2 aliphatic carbocycles. The lowest BCUT2D eigenvalue weighted by atomic mass is 9.91. The summed E-state index contributed by atoms with van der Waals surface area (Å²) < 4.78 is 2.24. The maximum Gasteiger partial charge on any atom is 0.224 e. The number of amides is 1. The van der Waals surface area contributed by atoms with Crippen molar-refractivity contribution < 1.29 is 14.7 Å². The minimum atomic E-state index is -0.234. The van der Waals surface area contributed by atoms with E-state index in [4.69, 9.17) is 0 Å². The fourth-order valence-corrected chi connectivity index (χ4v) is 4.84. The largest absolute Gasteiger partial charge is 0.393 e. The normalized spacial score (nSPS) is 21.7. The molecule has 1 saturated carbocycles. The van der Waals surface area contributed by atoms with Crippen LogP contribution in [-0.2, 0) is 24.2 Å². The first kappa shape index (κ1) is 19.9. The second-order valence-electron chi connectivity index (χ2n) is 8.48. The van der Waals surface area contributed by atoms with Crippen molar-refractivity contribution in [3.63, 3.8) is 0 Å². The molecule has 0 unspecified atom stereocenters. The molecule has 0 aliphatic heterocycles. The molecular weight excluding hydrogens is 364 g/mol. The summed E-state index contributed by atoms with van der Waals surface area (Å²) in [4.78, 5) is 25.5. The zero-order chi connectivity index (χ0) is 20.4. The van der Waals surface area contributed by atoms with E-state index in [1.54, 1.807) is 0 Å². The average molecular weight is 395 g/mol. The number of aliphatic hydroxyl groups excluding tert-OH is 1. The molecule has 1 aromatic heterocycles. The highest BCUT2D eigenvalue weighted by Crippen LogP contribution is 2.31. The van der Waals surface area contributed by atoms with E-state index < -0.39 is 0 Å². The summed E-state index contributed by atoms with van der Waals surface area (Å²) in [7, 11) is 0. The van der Waals surface area contributed by atoms with Crippen molar-refractivity contribution in [3.05, 3.63) is 58.4 Å². The number of hydrogen-bond donors (Lipinski definition) is 2. The van der Waals surface area contributed by atoms with Crippen LogP contribution in [-0.4, -0.2) is 33.5 Å². The number of nitrogens with zero attached hydrogens (tertiary/aromatic N) is 1. The molecule has 29 heavy (non-hydrogen) atoms. The molecule has 0 radical (unpaired) electrons. The van der Waals surface area contributed by atoms with E-state index in [9.17, 15) is 14.7 Å². The highest BCUT2D eigenvalue weighted by Gasteiger charge is 2.29. The fraction of sp³-hybridized carbons (Fsp3) is 0.500. The number of carbonyl (C=O) groups is 2. The van der Waals surface area contributed by atoms with Crippen LogP contribution in [0.5, 0.6) is 0 Å². The van der Waals surface area contributed by atoms with Gasteiger partial charge in [-0.15, -0.1) is 0 Å². The summed E-state index contributed by atoms with van der Waals surface area (Å²) in [6.45, 7) is 2.76. The van der Waals surface area contributed by atoms with E-state index >= 15 is 0 Å². The van der Waals surface area contributed by atoms with Crippen LogP contribution in [0.3, 0.4) is 0 Å². The summed E-state index contributed by atoms with van der Waals surface area (Å²) in [6.07, 6.45) is 5.46. The first-order chi connectivity index (χ1) is 14.0. The van der Waals surface area contributed by atoms with Crippen molar-refractivity contribution in [2.75, 3.05) is 0 Å². The van der Waals surface area contributed by atoms with Gasteiger partial charge < -0.3 is 15.0 Å². The van der Waals surface area contributed by atoms with Gasteiger partial charge in [-0.3, -0.25) is 9.59 Å². The number of fused-ring (bicyclic) bond motifs is 1. The third kappa shape index (κ3) is 4.30. The van der Waals surface area contributed by atoms with Crippen LogP contribution in [0, 0.1) is 6.92 Å². The SMILES string of the molecule is Cc1c(CC(=O)NC2CCC(O)CC2)c2c(n1Cc1ccccc1)CCCC2=O. The van der Waals surface area contributed by atoms with Gasteiger partial charge in [0, 0.05) is 36.0 Å². The standard InChI is InChI=1S/C24H30N2O3/c1-16-20(14-23(29)25-18-10-12-19(27)13-11-18)24-21(8-5-9-22(24)28)26(16)15-17-6-3-2-4-7-17/h2-4,6-7,18-19,27H,5,8-15H2,1H3,(H,25,29). The molecule has 1 aromatic carbocycles. The van der Waals surface area contributed by atoms with E-state index in [1.165, 1.54) is 5.56 Å². The van der Waals surface area contributed by atoms with Crippen LogP contribution in [0.4, 0.5) is 0 Å². The monoisotopic (exact) mass is 394 g/mol. The summed E-state index contributed by atoms with van der Waals surface area (Å²) in [5.41, 5.74) is 5.01. The number of nitrogens with one attached hydrogen (secondary N) is 1. The van der Waals surface area contributed by atoms with Gasteiger partial charge >= 0.3 is 0 Å². The van der Waals surface area contributed by atoms with Crippen molar-refractivity contribution in [1.29, 1.82) is 0 Å². The second-order valence-corrected chi connectivity index (χ2v) is 8.48. The Bertz CT molecular complexity index is 893. The topological polar surface area (TPSA) is 71.3 Å². The number of aliphatic hydroxyl groups is 1. The first-order valence-electron chi connectivity index (χ1n) is 10.8.